The number of aliphatic hydroxyl groups excluding tert-OH is 1. The molecule has 0 heterocycles. The molecule has 0 aliphatic heterocycles. The number of allylic oxidation sites excluding steroid dienone is 17. The Hall–Kier alpha value is -2.84. The number of phosphoric acid groups is 1. The lowest BCUT2D eigenvalue weighted by Gasteiger charge is -2.29. The Balaban J connectivity index is 4.01. The predicted octanol–water partition coefficient (Wildman–Crippen LogP) is 24.8. The van der Waals surface area contributed by atoms with Crippen molar-refractivity contribution in [2.75, 3.05) is 40.9 Å². The van der Waals surface area contributed by atoms with Gasteiger partial charge in [0, 0.05) is 6.42 Å². The zero-order valence-corrected chi connectivity index (χ0v) is 61.4. The first-order valence-electron chi connectivity index (χ1n) is 38.7. The van der Waals surface area contributed by atoms with Crippen LogP contribution in [0.3, 0.4) is 0 Å². The monoisotopic (exact) mass is 1290 g/mol. The summed E-state index contributed by atoms with van der Waals surface area (Å²) in [7, 11) is 1.25. The minimum Gasteiger partial charge on any atom is -0.756 e. The van der Waals surface area contributed by atoms with Crippen molar-refractivity contribution in [3.05, 3.63) is 109 Å². The summed E-state index contributed by atoms with van der Waals surface area (Å²) in [6, 6.07) is -0.909. The number of nitrogens with zero attached hydrogens (tertiary/aromatic N) is 1. The first-order valence-corrected chi connectivity index (χ1v) is 40.2. The lowest BCUT2D eigenvalue weighted by atomic mass is 10.0. The summed E-state index contributed by atoms with van der Waals surface area (Å²) < 4.78 is 23.5. The molecule has 9 heteroatoms. The third kappa shape index (κ3) is 74.4. The number of carbonyl (C=O) groups is 1. The number of rotatable bonds is 71. The van der Waals surface area contributed by atoms with Gasteiger partial charge in [0.2, 0.25) is 5.91 Å². The Morgan fingerprint density at radius 3 is 1.02 bits per heavy atom. The minimum atomic E-state index is -4.62. The fourth-order valence-corrected chi connectivity index (χ4v) is 12.0. The van der Waals surface area contributed by atoms with Crippen molar-refractivity contribution in [3.8, 4) is 0 Å². The van der Waals surface area contributed by atoms with Gasteiger partial charge in [-0.15, -0.1) is 0 Å². The highest BCUT2D eigenvalue weighted by Crippen LogP contribution is 2.38. The van der Waals surface area contributed by atoms with Crippen LogP contribution in [0.2, 0.25) is 0 Å². The molecule has 0 saturated carbocycles. The van der Waals surface area contributed by atoms with Crippen LogP contribution >= 0.6 is 7.82 Å². The van der Waals surface area contributed by atoms with Gasteiger partial charge in [-0.05, 0) is 89.9 Å². The van der Waals surface area contributed by atoms with Crippen molar-refractivity contribution in [1.29, 1.82) is 0 Å². The number of likely N-dealkylation sites (N-methyl/N-ethyl adjacent to an activating group) is 1. The molecule has 0 aliphatic carbocycles. The number of hydrogen-bond donors (Lipinski definition) is 2. The van der Waals surface area contributed by atoms with Gasteiger partial charge < -0.3 is 28.8 Å². The largest absolute Gasteiger partial charge is 0.756 e. The quantitative estimate of drug-likeness (QED) is 0.0272. The summed E-state index contributed by atoms with van der Waals surface area (Å²) in [5, 5.41) is 14.0. The van der Waals surface area contributed by atoms with Gasteiger partial charge >= 0.3 is 0 Å². The van der Waals surface area contributed by atoms with E-state index in [1.807, 2.05) is 27.2 Å². The molecule has 0 fully saturated rings. The molecule has 3 unspecified atom stereocenters. The molecule has 0 aromatic rings. The number of unbranched alkanes of at least 4 members (excludes halogenated alkanes) is 42. The highest BCUT2D eigenvalue weighted by molar-refractivity contribution is 7.45. The van der Waals surface area contributed by atoms with Gasteiger partial charge in [0.15, 0.2) is 0 Å². The Kier molecular flexibility index (Phi) is 69.2. The number of amides is 1. The highest BCUT2D eigenvalue weighted by atomic mass is 31.2. The summed E-state index contributed by atoms with van der Waals surface area (Å²) >= 11 is 0. The smallest absolute Gasteiger partial charge is 0.268 e. The molecule has 0 aliphatic rings. The Morgan fingerprint density at radius 1 is 0.396 bits per heavy atom. The van der Waals surface area contributed by atoms with Gasteiger partial charge in [0.05, 0.1) is 39.9 Å². The highest BCUT2D eigenvalue weighted by Gasteiger charge is 2.23. The van der Waals surface area contributed by atoms with Gasteiger partial charge in [-0.1, -0.05) is 367 Å². The van der Waals surface area contributed by atoms with Crippen LogP contribution in [0.25, 0.3) is 0 Å². The van der Waals surface area contributed by atoms with E-state index < -0.39 is 26.6 Å². The topological polar surface area (TPSA) is 108 Å². The van der Waals surface area contributed by atoms with E-state index in [0.717, 1.165) is 83.5 Å². The summed E-state index contributed by atoms with van der Waals surface area (Å²) in [4.78, 5) is 25.7. The molecule has 528 valence electrons. The molecule has 91 heavy (non-hydrogen) atoms. The van der Waals surface area contributed by atoms with Crippen LogP contribution in [0.4, 0.5) is 0 Å². The summed E-state index contributed by atoms with van der Waals surface area (Å²) in [5.74, 6) is -0.204. The van der Waals surface area contributed by atoms with Crippen molar-refractivity contribution in [3.63, 3.8) is 0 Å². The average molecular weight is 1290 g/mol. The third-order valence-electron chi connectivity index (χ3n) is 17.2. The van der Waals surface area contributed by atoms with Gasteiger partial charge in [-0.25, -0.2) is 0 Å². The van der Waals surface area contributed by atoms with E-state index >= 15 is 0 Å². The van der Waals surface area contributed by atoms with Crippen molar-refractivity contribution >= 4 is 13.7 Å². The van der Waals surface area contributed by atoms with Crippen molar-refractivity contribution < 1.29 is 32.9 Å². The zero-order chi connectivity index (χ0) is 66.2. The fourth-order valence-electron chi connectivity index (χ4n) is 11.3. The third-order valence-corrected chi connectivity index (χ3v) is 18.2. The molecule has 0 spiro atoms. The van der Waals surface area contributed by atoms with Gasteiger partial charge in [0.25, 0.3) is 7.82 Å². The molecule has 0 aromatic carbocycles. The maximum absolute atomic E-state index is 13.1. The predicted molar refractivity (Wildman–Crippen MR) is 399 cm³/mol. The van der Waals surface area contributed by atoms with Crippen LogP contribution in [-0.4, -0.2) is 68.5 Å². The van der Waals surface area contributed by atoms with E-state index in [0.29, 0.717) is 17.4 Å². The number of hydrogen-bond acceptors (Lipinski definition) is 6. The van der Waals surface area contributed by atoms with Gasteiger partial charge in [0.1, 0.15) is 13.2 Å². The number of phosphoric ester groups is 1. The Bertz CT molecular complexity index is 1860. The van der Waals surface area contributed by atoms with Crippen LogP contribution in [-0.2, 0) is 18.4 Å². The molecule has 0 saturated heterocycles. The Morgan fingerprint density at radius 2 is 0.681 bits per heavy atom. The van der Waals surface area contributed by atoms with E-state index in [-0.39, 0.29) is 12.5 Å². The molecular formula is C82H149N2O6P. The maximum Gasteiger partial charge on any atom is 0.268 e. The summed E-state index contributed by atoms with van der Waals surface area (Å²) in [5.41, 5.74) is 0. The standard InChI is InChI=1S/C82H149N2O6P/c1-6-8-10-12-14-16-18-20-22-24-26-28-30-32-34-36-37-38-39-40-41-42-43-44-45-46-47-48-50-52-54-56-58-60-62-64-66-68-70-72-74-76-82(86)83-80(79-90-91(87,88)89-78-77-84(3,4)5)81(85)75-73-71-69-67-65-63-61-59-57-55-53-51-49-35-33-31-29-27-25-23-21-19-17-15-13-11-9-7-2/h8,10,14,16,20,22,26,28,32,34,37-38,40-41,65,67,73,75,80-81,85H,6-7,9,11-13,15,17-19,21,23-25,27,29-31,33,35-36,39,42-64,66,68-72,74,76-79H2,1-5H3,(H-,83,86,87,88)/b10-8-,16-14-,22-20-,28-26-,34-32-,38-37-,41-40-,67-65+,75-73+. The molecule has 0 radical (unpaired) electrons. The average Bonchev–Trinajstić information content (AvgIpc) is 3.59. The van der Waals surface area contributed by atoms with Gasteiger partial charge in [-0.2, -0.15) is 0 Å². The molecule has 1 amide bonds. The van der Waals surface area contributed by atoms with Crippen molar-refractivity contribution in [2.45, 2.75) is 366 Å². The second-order valence-corrected chi connectivity index (χ2v) is 28.7. The number of quaternary nitrogens is 1. The first-order chi connectivity index (χ1) is 44.5. The second-order valence-electron chi connectivity index (χ2n) is 27.3. The van der Waals surface area contributed by atoms with Crippen LogP contribution in [0.15, 0.2) is 109 Å². The SMILES string of the molecule is CC/C=C\C/C=C\C/C=C\C/C=C\C/C=C\C/C=C\C/C=C\CCCCCCCCCCCCCCCCCCCCCC(=O)NC(COP(=O)([O-])OCC[N+](C)(C)C)C(O)/C=C/CC/C=C/CCCCCCCCCCCCCCCCCCCCCCCC. The fraction of sp³-hybridized carbons (Fsp3) is 0.768. The molecule has 0 bridgehead atoms. The van der Waals surface area contributed by atoms with E-state index in [9.17, 15) is 19.4 Å². The zero-order valence-electron chi connectivity index (χ0n) is 60.5. The number of nitrogens with one attached hydrogen (secondary N) is 1. The van der Waals surface area contributed by atoms with E-state index in [1.54, 1.807) is 6.08 Å². The van der Waals surface area contributed by atoms with Crippen LogP contribution in [0.1, 0.15) is 354 Å². The normalized spacial score (nSPS) is 14.1. The van der Waals surface area contributed by atoms with Crippen LogP contribution in [0.5, 0.6) is 0 Å². The van der Waals surface area contributed by atoms with E-state index in [4.69, 9.17) is 9.05 Å². The molecule has 2 N–H and O–H groups in total. The molecular weight excluding hydrogens is 1140 g/mol. The minimum absolute atomic E-state index is 0.00808. The molecule has 3 atom stereocenters. The lowest BCUT2D eigenvalue weighted by Crippen LogP contribution is -2.45. The molecule has 8 nitrogen and oxygen atoms in total. The first kappa shape index (κ1) is 88.2. The lowest BCUT2D eigenvalue weighted by molar-refractivity contribution is -0.870. The maximum atomic E-state index is 13.1. The van der Waals surface area contributed by atoms with Crippen molar-refractivity contribution in [2.24, 2.45) is 0 Å². The van der Waals surface area contributed by atoms with Gasteiger partial charge in [-0.3, -0.25) is 9.36 Å². The number of carbonyl (C=O) groups excluding carboxylic acids is 1. The van der Waals surface area contributed by atoms with Crippen LogP contribution in [0, 0.1) is 0 Å². The summed E-state index contributed by atoms with van der Waals surface area (Å²) in [6.07, 6.45) is 105. The van der Waals surface area contributed by atoms with E-state index in [1.165, 1.54) is 250 Å². The molecule has 0 rings (SSSR count). The van der Waals surface area contributed by atoms with E-state index in [2.05, 4.69) is 116 Å². The summed E-state index contributed by atoms with van der Waals surface area (Å²) in [6.45, 7) is 4.55. The molecule has 0 aromatic heterocycles. The Labute approximate surface area is 565 Å². The van der Waals surface area contributed by atoms with Crippen LogP contribution < -0.4 is 10.2 Å². The van der Waals surface area contributed by atoms with Crippen molar-refractivity contribution in [1.82, 2.24) is 5.32 Å². The number of aliphatic hydroxyl groups is 1. The second kappa shape index (κ2) is 71.5.